The number of carboxylic acid groups (broad SMARTS) is 1. The largest absolute Gasteiger partial charge is 0.481 e. The first-order chi connectivity index (χ1) is 21.5. The molecule has 44 heavy (non-hydrogen) atoms. The van der Waals surface area contributed by atoms with Crippen LogP contribution in [0.1, 0.15) is 29.9 Å². The van der Waals surface area contributed by atoms with E-state index < -0.39 is 24.0 Å². The molecule has 1 heterocycles. The van der Waals surface area contributed by atoms with Crippen LogP contribution in [0.4, 0.5) is 10.5 Å². The molecule has 0 saturated heterocycles. The SMILES string of the molecule is O=C(O)CC[C@@H](NC(=O)OCC1c2ccccc2-c2ccccc21)C(=O)Nc1ccc(-c2csc(-c3ccccc3)n2)cc1. The molecule has 0 spiro atoms. The average Bonchev–Trinajstić information content (AvgIpc) is 3.66. The maximum Gasteiger partial charge on any atom is 0.407 e. The fourth-order valence-corrected chi connectivity index (χ4v) is 6.23. The minimum atomic E-state index is -1.10. The number of aromatic nitrogens is 1. The molecule has 0 saturated carbocycles. The van der Waals surface area contributed by atoms with Crippen molar-refractivity contribution in [3.63, 3.8) is 0 Å². The number of nitrogens with one attached hydrogen (secondary N) is 2. The van der Waals surface area contributed by atoms with E-state index in [2.05, 4.69) is 10.6 Å². The number of carbonyl (C=O) groups is 3. The van der Waals surface area contributed by atoms with E-state index in [9.17, 15) is 19.5 Å². The zero-order valence-electron chi connectivity index (χ0n) is 23.6. The molecule has 0 fully saturated rings. The second-order valence-electron chi connectivity index (χ2n) is 10.4. The number of anilines is 1. The second kappa shape index (κ2) is 12.9. The van der Waals surface area contributed by atoms with E-state index in [1.165, 1.54) is 0 Å². The second-order valence-corrected chi connectivity index (χ2v) is 11.3. The number of thiazole rings is 1. The van der Waals surface area contributed by atoms with Crippen molar-refractivity contribution in [3.05, 3.63) is 120 Å². The van der Waals surface area contributed by atoms with Crippen LogP contribution < -0.4 is 10.6 Å². The van der Waals surface area contributed by atoms with Gasteiger partial charge >= 0.3 is 12.1 Å². The van der Waals surface area contributed by atoms with E-state index in [-0.39, 0.29) is 25.4 Å². The van der Waals surface area contributed by atoms with E-state index in [1.807, 2.05) is 96.4 Å². The number of rotatable bonds is 10. The van der Waals surface area contributed by atoms with Crippen LogP contribution in [0.5, 0.6) is 0 Å². The molecule has 0 unspecified atom stereocenters. The highest BCUT2D eigenvalue weighted by atomic mass is 32.1. The molecule has 6 rings (SSSR count). The summed E-state index contributed by atoms with van der Waals surface area (Å²) in [5.41, 5.74) is 7.61. The number of carboxylic acids is 1. The van der Waals surface area contributed by atoms with Crippen molar-refractivity contribution in [3.8, 4) is 33.0 Å². The van der Waals surface area contributed by atoms with Crippen LogP contribution in [-0.4, -0.2) is 40.7 Å². The van der Waals surface area contributed by atoms with E-state index in [4.69, 9.17) is 9.72 Å². The van der Waals surface area contributed by atoms with Crippen LogP contribution in [0, 0.1) is 0 Å². The number of ether oxygens (including phenoxy) is 1. The summed E-state index contributed by atoms with van der Waals surface area (Å²) in [5.74, 6) is -1.74. The lowest BCUT2D eigenvalue weighted by Gasteiger charge is -2.19. The highest BCUT2D eigenvalue weighted by Crippen LogP contribution is 2.44. The number of carbonyl (C=O) groups excluding carboxylic acids is 2. The number of alkyl carbamates (subject to hydrolysis) is 1. The first-order valence-electron chi connectivity index (χ1n) is 14.2. The molecule has 1 atom stereocenters. The maximum atomic E-state index is 13.2. The maximum absolute atomic E-state index is 13.2. The number of benzene rings is 4. The lowest BCUT2D eigenvalue weighted by Crippen LogP contribution is -2.44. The van der Waals surface area contributed by atoms with Crippen LogP contribution in [-0.2, 0) is 14.3 Å². The van der Waals surface area contributed by atoms with Gasteiger partial charge in [-0.25, -0.2) is 9.78 Å². The molecule has 1 aromatic heterocycles. The first-order valence-corrected chi connectivity index (χ1v) is 15.1. The van der Waals surface area contributed by atoms with Gasteiger partial charge in [-0.1, -0.05) is 91.0 Å². The molecule has 1 aliphatic rings. The minimum Gasteiger partial charge on any atom is -0.481 e. The molecule has 2 amide bonds. The Morgan fingerprint density at radius 2 is 1.45 bits per heavy atom. The number of nitrogens with zero attached hydrogens (tertiary/aromatic N) is 1. The van der Waals surface area contributed by atoms with Crippen LogP contribution in [0.2, 0.25) is 0 Å². The Kier molecular flexibility index (Phi) is 8.47. The molecule has 9 heteroatoms. The molecular formula is C35H29N3O5S. The third-order valence-corrected chi connectivity index (χ3v) is 8.46. The summed E-state index contributed by atoms with van der Waals surface area (Å²) in [6, 6.07) is 32.0. The summed E-state index contributed by atoms with van der Waals surface area (Å²) in [4.78, 5) is 42.1. The zero-order valence-corrected chi connectivity index (χ0v) is 24.4. The van der Waals surface area contributed by atoms with Crippen molar-refractivity contribution < 1.29 is 24.2 Å². The third-order valence-electron chi connectivity index (χ3n) is 7.57. The highest BCUT2D eigenvalue weighted by Gasteiger charge is 2.30. The lowest BCUT2D eigenvalue weighted by molar-refractivity contribution is -0.137. The number of aliphatic carboxylic acids is 1. The highest BCUT2D eigenvalue weighted by molar-refractivity contribution is 7.13. The van der Waals surface area contributed by atoms with E-state index in [0.717, 1.165) is 44.1 Å². The molecule has 5 aromatic rings. The summed E-state index contributed by atoms with van der Waals surface area (Å²) in [6.45, 7) is 0.0806. The molecule has 0 radical (unpaired) electrons. The smallest absolute Gasteiger partial charge is 0.407 e. The molecule has 3 N–H and O–H groups in total. The minimum absolute atomic E-state index is 0.0806. The Bertz CT molecular complexity index is 1760. The van der Waals surface area contributed by atoms with Gasteiger partial charge in [0.05, 0.1) is 5.69 Å². The van der Waals surface area contributed by atoms with Crippen LogP contribution in [0.15, 0.2) is 109 Å². The Labute approximate surface area is 258 Å². The van der Waals surface area contributed by atoms with Crippen molar-refractivity contribution in [1.82, 2.24) is 10.3 Å². The average molecular weight is 604 g/mol. The van der Waals surface area contributed by atoms with Crippen molar-refractivity contribution in [1.29, 1.82) is 0 Å². The van der Waals surface area contributed by atoms with Gasteiger partial charge in [0.25, 0.3) is 0 Å². The fraction of sp³-hybridized carbons (Fsp3) is 0.143. The van der Waals surface area contributed by atoms with Crippen molar-refractivity contribution in [2.45, 2.75) is 24.8 Å². The first kappa shape index (κ1) is 28.8. The fourth-order valence-electron chi connectivity index (χ4n) is 5.39. The van der Waals surface area contributed by atoms with Gasteiger partial charge in [-0.15, -0.1) is 11.3 Å². The lowest BCUT2D eigenvalue weighted by atomic mass is 9.98. The summed E-state index contributed by atoms with van der Waals surface area (Å²) < 4.78 is 5.59. The monoisotopic (exact) mass is 603 g/mol. The summed E-state index contributed by atoms with van der Waals surface area (Å²) in [6.07, 6.45) is -1.18. The molecule has 1 aliphatic carbocycles. The molecule has 0 bridgehead atoms. The topological polar surface area (TPSA) is 118 Å². The van der Waals surface area contributed by atoms with E-state index >= 15 is 0 Å². The number of hydrogen-bond acceptors (Lipinski definition) is 6. The molecule has 0 aliphatic heterocycles. The van der Waals surface area contributed by atoms with E-state index in [1.54, 1.807) is 23.5 Å². The Morgan fingerprint density at radius 3 is 2.11 bits per heavy atom. The van der Waals surface area contributed by atoms with Crippen LogP contribution in [0.25, 0.3) is 33.0 Å². The van der Waals surface area contributed by atoms with Crippen molar-refractivity contribution >= 4 is 35.0 Å². The van der Waals surface area contributed by atoms with E-state index in [0.29, 0.717) is 5.69 Å². The van der Waals surface area contributed by atoms with Gasteiger partial charge in [0.1, 0.15) is 17.7 Å². The Balaban J connectivity index is 1.09. The molecule has 4 aromatic carbocycles. The number of fused-ring (bicyclic) bond motifs is 3. The van der Waals surface area contributed by atoms with Crippen LogP contribution in [0.3, 0.4) is 0 Å². The third kappa shape index (κ3) is 6.38. The summed E-state index contributed by atoms with van der Waals surface area (Å²) in [7, 11) is 0. The summed E-state index contributed by atoms with van der Waals surface area (Å²) >= 11 is 1.55. The van der Waals surface area contributed by atoms with Gasteiger partial charge in [-0.3, -0.25) is 9.59 Å². The van der Waals surface area contributed by atoms with Gasteiger partial charge in [-0.05, 0) is 40.8 Å². The number of hydrogen-bond donors (Lipinski definition) is 3. The van der Waals surface area contributed by atoms with Gasteiger partial charge in [-0.2, -0.15) is 0 Å². The van der Waals surface area contributed by atoms with Gasteiger partial charge in [0, 0.05) is 34.5 Å². The molecule has 220 valence electrons. The Morgan fingerprint density at radius 1 is 0.818 bits per heavy atom. The molecule has 8 nitrogen and oxygen atoms in total. The zero-order chi connectivity index (χ0) is 30.5. The van der Waals surface area contributed by atoms with Gasteiger partial charge < -0.3 is 20.5 Å². The van der Waals surface area contributed by atoms with Gasteiger partial charge in [0.15, 0.2) is 0 Å². The Hall–Kier alpha value is -5.28. The van der Waals surface area contributed by atoms with Gasteiger partial charge in [0.2, 0.25) is 5.91 Å². The normalized spacial score (nSPS) is 12.5. The standard InChI is InChI=1S/C35H29N3O5S/c39-32(40)19-18-30(38-35(42)43-20-29-27-12-6-4-10-25(27)26-11-5-7-13-28(26)29)33(41)36-24-16-14-22(15-17-24)31-21-44-34(37-31)23-8-2-1-3-9-23/h1-17,21,29-30H,18-20H2,(H,36,41)(H,38,42)(H,39,40)/t30-/m1/s1. The summed E-state index contributed by atoms with van der Waals surface area (Å²) in [5, 5.41) is 17.5. The molecular weight excluding hydrogens is 574 g/mol. The predicted octanol–water partition coefficient (Wildman–Crippen LogP) is 7.19. The van der Waals surface area contributed by atoms with Crippen molar-refractivity contribution in [2.75, 3.05) is 11.9 Å². The number of amides is 2. The van der Waals surface area contributed by atoms with Crippen molar-refractivity contribution in [2.24, 2.45) is 0 Å². The predicted molar refractivity (Wildman–Crippen MR) is 170 cm³/mol. The van der Waals surface area contributed by atoms with Crippen LogP contribution >= 0.6 is 11.3 Å². The quantitative estimate of drug-likeness (QED) is 0.156.